The summed E-state index contributed by atoms with van der Waals surface area (Å²) < 4.78 is 0.983. The van der Waals surface area contributed by atoms with Crippen LogP contribution in [0.1, 0.15) is 46.0 Å². The van der Waals surface area contributed by atoms with E-state index in [0.29, 0.717) is 10.2 Å². The summed E-state index contributed by atoms with van der Waals surface area (Å²) in [5, 5.41) is 3.55. The third kappa shape index (κ3) is 3.02. The van der Waals surface area contributed by atoms with Crippen LogP contribution in [0.2, 0.25) is 0 Å². The van der Waals surface area contributed by atoms with Gasteiger partial charge in [0.15, 0.2) is 0 Å². The quantitative estimate of drug-likeness (QED) is 0.681. The lowest BCUT2D eigenvalue weighted by Crippen LogP contribution is -2.30. The Labute approximate surface area is 156 Å². The van der Waals surface area contributed by atoms with Gasteiger partial charge in [0.2, 0.25) is 5.82 Å². The molecule has 25 heavy (non-hydrogen) atoms. The van der Waals surface area contributed by atoms with E-state index in [1.54, 1.807) is 0 Å². The maximum atomic E-state index is 12.5. The topological polar surface area (TPSA) is 74.8 Å². The minimum Gasteiger partial charge on any atom is -0.343 e. The number of aromatic nitrogens is 2. The highest BCUT2D eigenvalue weighted by Gasteiger charge is 2.22. The van der Waals surface area contributed by atoms with Crippen LogP contribution in [0.25, 0.3) is 10.2 Å². The zero-order valence-electron chi connectivity index (χ0n) is 13.6. The second-order valence-corrected chi connectivity index (χ2v) is 8.20. The summed E-state index contributed by atoms with van der Waals surface area (Å²) in [6.45, 7) is 1.90. The average Bonchev–Trinajstić information content (AvgIpc) is 3.15. The standard InChI is InChI=1S/C18H16BrN3O2S/c1-9(10-5-7-11(19)8-6-10)20-17(24)15-21-16(23)14-12-3-2-4-13(12)25-18(14)22-15/h5-9H,2-4H2,1H3,(H,20,24)(H,21,22,23)/t9-/m1/s1. The van der Waals surface area contributed by atoms with Crippen molar-refractivity contribution in [2.75, 3.05) is 0 Å². The van der Waals surface area contributed by atoms with Crippen LogP contribution in [-0.4, -0.2) is 15.9 Å². The second-order valence-electron chi connectivity index (χ2n) is 6.20. The first-order valence-corrected chi connectivity index (χ1v) is 9.75. The van der Waals surface area contributed by atoms with Gasteiger partial charge < -0.3 is 10.3 Å². The molecule has 0 aliphatic heterocycles. The molecule has 128 valence electrons. The highest BCUT2D eigenvalue weighted by atomic mass is 79.9. The van der Waals surface area contributed by atoms with Gasteiger partial charge in [-0.15, -0.1) is 11.3 Å². The number of nitrogens with zero attached hydrogens (tertiary/aromatic N) is 1. The molecule has 0 saturated heterocycles. The Kier molecular flexibility index (Phi) is 4.21. The van der Waals surface area contributed by atoms with E-state index in [1.807, 2.05) is 31.2 Å². The smallest absolute Gasteiger partial charge is 0.287 e. The molecule has 4 rings (SSSR count). The van der Waals surface area contributed by atoms with Crippen molar-refractivity contribution in [1.29, 1.82) is 0 Å². The molecule has 0 spiro atoms. The first kappa shape index (κ1) is 16.5. The molecule has 1 aliphatic carbocycles. The SMILES string of the molecule is C[C@@H](NC(=O)c1nc2sc3c(c2c(=O)[nH]1)CCC3)c1ccc(Br)cc1. The van der Waals surface area contributed by atoms with Crippen LogP contribution in [0.15, 0.2) is 33.5 Å². The van der Waals surface area contributed by atoms with Gasteiger partial charge in [-0.25, -0.2) is 4.98 Å². The molecule has 0 unspecified atom stereocenters. The van der Waals surface area contributed by atoms with Crippen LogP contribution in [0.5, 0.6) is 0 Å². The Morgan fingerprint density at radius 3 is 2.84 bits per heavy atom. The minimum absolute atomic E-state index is 0.0707. The highest BCUT2D eigenvalue weighted by molar-refractivity contribution is 9.10. The maximum absolute atomic E-state index is 12.5. The van der Waals surface area contributed by atoms with Gasteiger partial charge in [-0.05, 0) is 49.4 Å². The van der Waals surface area contributed by atoms with E-state index in [4.69, 9.17) is 0 Å². The van der Waals surface area contributed by atoms with Gasteiger partial charge in [0.25, 0.3) is 11.5 Å². The molecule has 1 atom stereocenters. The molecule has 2 aromatic heterocycles. The summed E-state index contributed by atoms with van der Waals surface area (Å²) in [5.41, 5.74) is 1.88. The summed E-state index contributed by atoms with van der Waals surface area (Å²) in [6, 6.07) is 7.56. The van der Waals surface area contributed by atoms with Gasteiger partial charge in [-0.1, -0.05) is 28.1 Å². The Hall–Kier alpha value is -1.99. The predicted molar refractivity (Wildman–Crippen MR) is 102 cm³/mol. The lowest BCUT2D eigenvalue weighted by atomic mass is 10.1. The number of carbonyl (C=O) groups is 1. The summed E-state index contributed by atoms with van der Waals surface area (Å²) in [5.74, 6) is -0.302. The van der Waals surface area contributed by atoms with Gasteiger partial charge in [-0.3, -0.25) is 9.59 Å². The van der Waals surface area contributed by atoms with Crippen LogP contribution in [0.3, 0.4) is 0 Å². The van der Waals surface area contributed by atoms with Crippen LogP contribution in [0.4, 0.5) is 0 Å². The fourth-order valence-electron chi connectivity index (χ4n) is 3.21. The van der Waals surface area contributed by atoms with Crippen molar-refractivity contribution in [2.45, 2.75) is 32.2 Å². The molecule has 0 fully saturated rings. The molecule has 2 heterocycles. The van der Waals surface area contributed by atoms with E-state index in [9.17, 15) is 9.59 Å². The zero-order valence-corrected chi connectivity index (χ0v) is 16.0. The van der Waals surface area contributed by atoms with E-state index in [1.165, 1.54) is 16.2 Å². The van der Waals surface area contributed by atoms with Crippen molar-refractivity contribution in [3.05, 3.63) is 60.9 Å². The minimum atomic E-state index is -0.372. The molecule has 1 aromatic carbocycles. The highest BCUT2D eigenvalue weighted by Crippen LogP contribution is 2.34. The van der Waals surface area contributed by atoms with Gasteiger partial charge in [-0.2, -0.15) is 0 Å². The van der Waals surface area contributed by atoms with E-state index in [2.05, 4.69) is 31.2 Å². The van der Waals surface area contributed by atoms with Gasteiger partial charge >= 0.3 is 0 Å². The number of aryl methyl sites for hydroxylation is 2. The molecule has 5 nitrogen and oxygen atoms in total. The summed E-state index contributed by atoms with van der Waals surface area (Å²) in [7, 11) is 0. The van der Waals surface area contributed by atoms with Crippen LogP contribution < -0.4 is 10.9 Å². The summed E-state index contributed by atoms with van der Waals surface area (Å²) in [6.07, 6.45) is 3.01. The average molecular weight is 418 g/mol. The number of halogens is 1. The molecule has 0 radical (unpaired) electrons. The normalized spacial score (nSPS) is 14.5. The molecule has 3 aromatic rings. The van der Waals surface area contributed by atoms with Gasteiger partial charge in [0.05, 0.1) is 11.4 Å². The largest absolute Gasteiger partial charge is 0.343 e. The molecule has 0 bridgehead atoms. The molecule has 0 saturated carbocycles. The van der Waals surface area contributed by atoms with E-state index in [-0.39, 0.29) is 23.3 Å². The first-order chi connectivity index (χ1) is 12.0. The van der Waals surface area contributed by atoms with Crippen LogP contribution >= 0.6 is 27.3 Å². The van der Waals surface area contributed by atoms with Crippen molar-refractivity contribution in [3.63, 3.8) is 0 Å². The molecule has 1 aliphatic rings. The Morgan fingerprint density at radius 2 is 2.08 bits per heavy atom. The molecular formula is C18H16BrN3O2S. The number of hydrogen-bond donors (Lipinski definition) is 2. The second kappa shape index (κ2) is 6.38. The lowest BCUT2D eigenvalue weighted by Gasteiger charge is -2.14. The number of nitrogens with one attached hydrogen (secondary N) is 2. The molecule has 7 heteroatoms. The Morgan fingerprint density at radius 1 is 1.32 bits per heavy atom. The number of H-pyrrole nitrogens is 1. The van der Waals surface area contributed by atoms with Crippen molar-refractivity contribution < 1.29 is 4.79 Å². The fraction of sp³-hybridized carbons (Fsp3) is 0.278. The van der Waals surface area contributed by atoms with E-state index in [0.717, 1.165) is 34.9 Å². The number of benzene rings is 1. The number of carbonyl (C=O) groups excluding carboxylic acids is 1. The number of aromatic amines is 1. The van der Waals surface area contributed by atoms with Crippen molar-refractivity contribution in [1.82, 2.24) is 15.3 Å². The fourth-order valence-corrected chi connectivity index (χ4v) is 4.74. The van der Waals surface area contributed by atoms with Crippen molar-refractivity contribution in [2.24, 2.45) is 0 Å². The number of hydrogen-bond acceptors (Lipinski definition) is 4. The summed E-state index contributed by atoms with van der Waals surface area (Å²) >= 11 is 4.93. The number of amides is 1. The molecule has 2 N–H and O–H groups in total. The van der Waals surface area contributed by atoms with Gasteiger partial charge in [0, 0.05) is 9.35 Å². The van der Waals surface area contributed by atoms with E-state index >= 15 is 0 Å². The molecule has 1 amide bonds. The van der Waals surface area contributed by atoms with Crippen LogP contribution in [-0.2, 0) is 12.8 Å². The number of rotatable bonds is 3. The molecular weight excluding hydrogens is 402 g/mol. The number of thiophene rings is 1. The van der Waals surface area contributed by atoms with Crippen molar-refractivity contribution in [3.8, 4) is 0 Å². The van der Waals surface area contributed by atoms with E-state index < -0.39 is 0 Å². The zero-order chi connectivity index (χ0) is 17.6. The van der Waals surface area contributed by atoms with Gasteiger partial charge in [0.1, 0.15) is 4.83 Å². The summed E-state index contributed by atoms with van der Waals surface area (Å²) in [4.78, 5) is 33.9. The Balaban J connectivity index is 1.62. The Bertz CT molecular complexity index is 1020. The lowest BCUT2D eigenvalue weighted by molar-refractivity contribution is 0.0929. The third-order valence-electron chi connectivity index (χ3n) is 4.51. The first-order valence-electron chi connectivity index (χ1n) is 8.14. The number of fused-ring (bicyclic) bond motifs is 3. The third-order valence-corrected chi connectivity index (χ3v) is 6.22. The van der Waals surface area contributed by atoms with Crippen molar-refractivity contribution >= 4 is 43.4 Å². The van der Waals surface area contributed by atoms with Crippen LogP contribution in [0, 0.1) is 0 Å². The predicted octanol–water partition coefficient (Wildman–Crippen LogP) is 3.73. The maximum Gasteiger partial charge on any atom is 0.287 e. The monoisotopic (exact) mass is 417 g/mol.